The fourth-order valence-electron chi connectivity index (χ4n) is 13.1. The summed E-state index contributed by atoms with van der Waals surface area (Å²) in [6, 6.07) is 2.75. The fourth-order valence-corrected chi connectivity index (χ4v) is 13.1. The van der Waals surface area contributed by atoms with Gasteiger partial charge in [-0.05, 0) is 124 Å². The summed E-state index contributed by atoms with van der Waals surface area (Å²) in [7, 11) is 0. The van der Waals surface area contributed by atoms with Gasteiger partial charge in [-0.1, -0.05) is 73.0 Å². The molecule has 8 rings (SSSR count). The first kappa shape index (κ1) is 29.1. The number of nitrogens with zero attached hydrogens (tertiary/aromatic N) is 1. The second kappa shape index (κ2) is 10.3. The van der Waals surface area contributed by atoms with Crippen molar-refractivity contribution in [2.75, 3.05) is 6.54 Å². The minimum absolute atomic E-state index is 0.311. The lowest BCUT2D eigenvalue weighted by molar-refractivity contribution is -0.197. The molecular weight excluding hydrogens is 512 g/mol. The summed E-state index contributed by atoms with van der Waals surface area (Å²) in [6.45, 7) is 19.2. The molecule has 236 valence electrons. The molecule has 3 saturated carbocycles. The van der Waals surface area contributed by atoms with Gasteiger partial charge in [-0.2, -0.15) is 0 Å². The molecule has 7 fully saturated rings. The lowest BCUT2D eigenvalue weighted by Gasteiger charge is -2.68. The van der Waals surface area contributed by atoms with E-state index in [0.717, 1.165) is 59.3 Å². The maximum Gasteiger partial charge on any atom is 0.0682 e. The van der Waals surface area contributed by atoms with Crippen LogP contribution in [0, 0.1) is 64.1 Å². The van der Waals surface area contributed by atoms with Gasteiger partial charge in [0.2, 0.25) is 0 Å². The molecule has 8 aliphatic rings. The number of ether oxygens (including phenoxy) is 1. The second-order valence-electron chi connectivity index (χ2n) is 18.8. The molecule has 0 aromatic heterocycles. The molecule has 42 heavy (non-hydrogen) atoms. The molecular formula is C39H64N2O. The van der Waals surface area contributed by atoms with Crippen molar-refractivity contribution < 1.29 is 4.74 Å². The van der Waals surface area contributed by atoms with Crippen molar-refractivity contribution in [1.29, 1.82) is 0 Å². The molecule has 0 aromatic rings. The van der Waals surface area contributed by atoms with Gasteiger partial charge in [0, 0.05) is 35.5 Å². The fraction of sp³-hybridized carbons (Fsp3) is 0.949. The minimum Gasteiger partial charge on any atom is -0.374 e. The van der Waals surface area contributed by atoms with Gasteiger partial charge < -0.3 is 10.1 Å². The number of nitrogens with one attached hydrogen (secondary N) is 1. The topological polar surface area (TPSA) is 24.5 Å². The Kier molecular flexibility index (Phi) is 7.14. The molecule has 4 saturated heterocycles. The summed E-state index contributed by atoms with van der Waals surface area (Å²) in [6.07, 6.45) is 20.9. The molecule has 4 aliphatic heterocycles. The van der Waals surface area contributed by atoms with Crippen molar-refractivity contribution in [3.05, 3.63) is 11.6 Å². The van der Waals surface area contributed by atoms with Gasteiger partial charge in [0.05, 0.1) is 12.2 Å². The molecule has 0 spiro atoms. The Bertz CT molecular complexity index is 1060. The van der Waals surface area contributed by atoms with E-state index in [1.165, 1.54) is 83.6 Å². The summed E-state index contributed by atoms with van der Waals surface area (Å²) < 4.78 is 7.33. The highest BCUT2D eigenvalue weighted by Gasteiger charge is 2.68. The third-order valence-corrected chi connectivity index (χ3v) is 15.7. The highest BCUT2D eigenvalue weighted by atomic mass is 16.5. The maximum absolute atomic E-state index is 7.33. The van der Waals surface area contributed by atoms with Gasteiger partial charge in [-0.15, -0.1) is 0 Å². The maximum atomic E-state index is 7.33. The molecule has 0 amide bonds. The smallest absolute Gasteiger partial charge is 0.0682 e. The lowest BCUT2D eigenvalue weighted by Crippen LogP contribution is -2.73. The monoisotopic (exact) mass is 577 g/mol. The van der Waals surface area contributed by atoms with Crippen LogP contribution in [0.2, 0.25) is 0 Å². The molecule has 1 N–H and O–H groups in total. The number of hydrogen-bond acceptors (Lipinski definition) is 3. The number of hydrogen-bond donors (Lipinski definition) is 1. The molecule has 3 heteroatoms. The Balaban J connectivity index is 1.14. The molecule has 0 bridgehead atoms. The minimum atomic E-state index is 0.311. The van der Waals surface area contributed by atoms with Crippen LogP contribution in [-0.2, 0) is 4.74 Å². The zero-order valence-electron chi connectivity index (χ0n) is 28.3. The zero-order valence-corrected chi connectivity index (χ0v) is 28.3. The van der Waals surface area contributed by atoms with Gasteiger partial charge in [-0.25, -0.2) is 0 Å². The normalized spacial score (nSPS) is 53.5. The summed E-state index contributed by atoms with van der Waals surface area (Å²) in [5, 5.41) is 4.45. The average Bonchev–Trinajstić information content (AvgIpc) is 3.48. The quantitative estimate of drug-likeness (QED) is 0.340. The van der Waals surface area contributed by atoms with Crippen LogP contribution in [0.1, 0.15) is 126 Å². The van der Waals surface area contributed by atoms with Gasteiger partial charge in [-0.3, -0.25) is 4.90 Å². The largest absolute Gasteiger partial charge is 0.374 e. The predicted octanol–water partition coefficient (Wildman–Crippen LogP) is 8.48. The SMILES string of the molecule is CC1CCN2C(C1)C1(C)C(CCC3C4CCCCC4OC31)C1C(C3N[C@@H](CC(C)C(C)C)[C@H]4CCC(C)(C)CC34)=C[C@@H]12. The summed E-state index contributed by atoms with van der Waals surface area (Å²) in [5.74, 6) is 7.39. The van der Waals surface area contributed by atoms with E-state index in [-0.39, 0.29) is 0 Å². The third-order valence-electron chi connectivity index (χ3n) is 15.7. The number of rotatable bonds is 4. The molecule has 4 heterocycles. The van der Waals surface area contributed by atoms with Crippen molar-refractivity contribution in [3.8, 4) is 0 Å². The zero-order chi connectivity index (χ0) is 29.1. The summed E-state index contributed by atoms with van der Waals surface area (Å²) in [4.78, 5) is 3.06. The molecule has 3 nitrogen and oxygen atoms in total. The van der Waals surface area contributed by atoms with Gasteiger partial charge in [0.15, 0.2) is 0 Å². The first-order valence-electron chi connectivity index (χ1n) is 19.0. The molecule has 0 aromatic carbocycles. The van der Waals surface area contributed by atoms with Crippen LogP contribution >= 0.6 is 0 Å². The van der Waals surface area contributed by atoms with Crippen LogP contribution in [0.5, 0.6) is 0 Å². The van der Waals surface area contributed by atoms with Crippen molar-refractivity contribution >= 4 is 0 Å². The Morgan fingerprint density at radius 1 is 0.952 bits per heavy atom. The van der Waals surface area contributed by atoms with E-state index >= 15 is 0 Å². The third kappa shape index (κ3) is 4.27. The Hall–Kier alpha value is -0.380. The Morgan fingerprint density at radius 3 is 2.57 bits per heavy atom. The van der Waals surface area contributed by atoms with E-state index < -0.39 is 0 Å². The van der Waals surface area contributed by atoms with Gasteiger partial charge in [0.1, 0.15) is 0 Å². The standard InChI is InChI=1S/C39H64N2O/c1-22(2)24(4)19-31-25-14-16-38(5,6)21-29(25)36(40-31)28-20-32-35(28)30-13-12-27-26-10-8-9-11-33(26)42-37(27)39(30,7)34-18-23(3)15-17-41(32)34/h20,22-27,29-37,40H,8-19,21H2,1-7H3/t23?,24?,25-,26?,27?,29?,30?,31-,32-,33?,34?,35?,36?,37?,39?/m0/s1. The molecule has 12 unspecified atom stereocenters. The first-order chi connectivity index (χ1) is 20.1. The van der Waals surface area contributed by atoms with Crippen molar-refractivity contribution in [2.45, 2.75) is 162 Å². The van der Waals surface area contributed by atoms with Crippen LogP contribution in [-0.4, -0.2) is 47.8 Å². The van der Waals surface area contributed by atoms with Gasteiger partial charge >= 0.3 is 0 Å². The Morgan fingerprint density at radius 2 is 1.76 bits per heavy atom. The average molecular weight is 577 g/mol. The molecule has 0 radical (unpaired) electrons. The van der Waals surface area contributed by atoms with E-state index in [1.54, 1.807) is 0 Å². The van der Waals surface area contributed by atoms with Crippen LogP contribution < -0.4 is 5.32 Å². The van der Waals surface area contributed by atoms with E-state index in [9.17, 15) is 0 Å². The van der Waals surface area contributed by atoms with E-state index in [4.69, 9.17) is 4.74 Å². The molecule has 15 atom stereocenters. The lowest BCUT2D eigenvalue weighted by atomic mass is 9.45. The Labute approximate surface area is 258 Å². The van der Waals surface area contributed by atoms with Crippen LogP contribution in [0.15, 0.2) is 11.6 Å². The van der Waals surface area contributed by atoms with E-state index in [0.29, 0.717) is 41.2 Å². The van der Waals surface area contributed by atoms with Crippen LogP contribution in [0.4, 0.5) is 0 Å². The highest BCUT2D eigenvalue weighted by Crippen LogP contribution is 2.66. The van der Waals surface area contributed by atoms with Gasteiger partial charge in [0.25, 0.3) is 0 Å². The second-order valence-corrected chi connectivity index (χ2v) is 18.8. The van der Waals surface area contributed by atoms with Crippen molar-refractivity contribution in [2.24, 2.45) is 64.1 Å². The number of piperidine rings is 2. The van der Waals surface area contributed by atoms with Crippen LogP contribution in [0.3, 0.4) is 0 Å². The van der Waals surface area contributed by atoms with Crippen LogP contribution in [0.25, 0.3) is 0 Å². The van der Waals surface area contributed by atoms with Crippen molar-refractivity contribution in [1.82, 2.24) is 10.2 Å². The van der Waals surface area contributed by atoms with Crippen molar-refractivity contribution in [3.63, 3.8) is 0 Å². The highest BCUT2D eigenvalue weighted by molar-refractivity contribution is 5.39. The molecule has 4 aliphatic carbocycles. The van der Waals surface area contributed by atoms with E-state index in [1.807, 2.05) is 5.57 Å². The van der Waals surface area contributed by atoms with E-state index in [2.05, 4.69) is 64.8 Å². The summed E-state index contributed by atoms with van der Waals surface area (Å²) >= 11 is 0. The first-order valence-corrected chi connectivity index (χ1v) is 19.0. The summed E-state index contributed by atoms with van der Waals surface area (Å²) in [5.41, 5.74) is 2.67. The number of fused-ring (bicyclic) bond motifs is 11. The predicted molar refractivity (Wildman–Crippen MR) is 173 cm³/mol.